The quantitative estimate of drug-likeness (QED) is 0.296. The van der Waals surface area contributed by atoms with E-state index in [1.165, 1.54) is 0 Å². The molecule has 0 atom stereocenters. The van der Waals surface area contributed by atoms with Gasteiger partial charge in [0.15, 0.2) is 17.3 Å². The fourth-order valence-electron chi connectivity index (χ4n) is 3.84. The van der Waals surface area contributed by atoms with Crippen LogP contribution in [0.3, 0.4) is 0 Å². The van der Waals surface area contributed by atoms with Gasteiger partial charge in [-0.05, 0) is 68.4 Å². The van der Waals surface area contributed by atoms with E-state index in [4.69, 9.17) is 9.47 Å². The van der Waals surface area contributed by atoms with Gasteiger partial charge in [-0.2, -0.15) is 0 Å². The topological polar surface area (TPSA) is 47.6 Å². The van der Waals surface area contributed by atoms with Crippen LogP contribution in [0.1, 0.15) is 34.0 Å². The number of nitrogens with one attached hydrogen (secondary N) is 1. The average Bonchev–Trinajstić information content (AvgIpc) is 2.82. The van der Waals surface area contributed by atoms with E-state index in [9.17, 15) is 4.79 Å². The maximum atomic E-state index is 13.0. The van der Waals surface area contributed by atoms with Crippen LogP contribution in [0.4, 0.5) is 0 Å². The third-order valence-corrected chi connectivity index (χ3v) is 5.65. The number of carbonyl (C=O) groups excluding carboxylic acids is 1. The third-order valence-electron chi connectivity index (χ3n) is 5.65. The molecule has 4 rings (SSSR count). The van der Waals surface area contributed by atoms with E-state index >= 15 is 0 Å². The van der Waals surface area contributed by atoms with Gasteiger partial charge in [0, 0.05) is 11.1 Å². The van der Waals surface area contributed by atoms with E-state index in [1.807, 2.05) is 100 Å². The number of Topliss-reactive ketones (excluding diaryl/α,β-unsaturated/α-hetero) is 1. The highest BCUT2D eigenvalue weighted by atomic mass is 16.5. The molecule has 0 aliphatic carbocycles. The monoisotopic (exact) mass is 439 g/mol. The molecule has 0 aliphatic rings. The van der Waals surface area contributed by atoms with Crippen molar-refractivity contribution in [3.63, 3.8) is 0 Å². The summed E-state index contributed by atoms with van der Waals surface area (Å²) in [5.41, 5.74) is 3.87. The van der Waals surface area contributed by atoms with E-state index in [0.717, 1.165) is 39.8 Å². The van der Waals surface area contributed by atoms with Gasteiger partial charge in [-0.15, -0.1) is 0 Å². The Hall–Kier alpha value is -3.63. The molecule has 0 aliphatic heterocycles. The minimum Gasteiger partial charge on any atom is -0.453 e. The molecule has 33 heavy (non-hydrogen) atoms. The highest BCUT2D eigenvalue weighted by Crippen LogP contribution is 2.43. The number of ether oxygens (including phenoxy) is 2. The maximum Gasteiger partial charge on any atom is 0.177 e. The van der Waals surface area contributed by atoms with Crippen molar-refractivity contribution in [3.05, 3.63) is 95.1 Å². The van der Waals surface area contributed by atoms with Crippen molar-refractivity contribution < 1.29 is 14.3 Å². The van der Waals surface area contributed by atoms with Crippen molar-refractivity contribution >= 4 is 16.6 Å². The fraction of sp³-hybridized carbons (Fsp3) is 0.207. The number of hydrogen-bond acceptors (Lipinski definition) is 4. The second kappa shape index (κ2) is 9.88. The molecule has 0 saturated carbocycles. The molecule has 0 aromatic heterocycles. The normalized spacial score (nSPS) is 10.9. The van der Waals surface area contributed by atoms with Crippen LogP contribution in [0.25, 0.3) is 10.8 Å². The van der Waals surface area contributed by atoms with Gasteiger partial charge in [0.2, 0.25) is 0 Å². The highest BCUT2D eigenvalue weighted by molar-refractivity contribution is 6.11. The molecule has 0 amide bonds. The third kappa shape index (κ3) is 5.07. The molecule has 0 heterocycles. The Kier molecular flexibility index (Phi) is 6.76. The molecule has 4 aromatic carbocycles. The largest absolute Gasteiger partial charge is 0.453 e. The first-order valence-electron chi connectivity index (χ1n) is 11.3. The highest BCUT2D eigenvalue weighted by Gasteiger charge is 2.19. The first-order valence-corrected chi connectivity index (χ1v) is 11.3. The predicted molar refractivity (Wildman–Crippen MR) is 134 cm³/mol. The number of benzene rings is 4. The van der Waals surface area contributed by atoms with E-state index in [-0.39, 0.29) is 5.78 Å². The predicted octanol–water partition coefficient (Wildman–Crippen LogP) is 7.14. The minimum atomic E-state index is 0.0547. The van der Waals surface area contributed by atoms with Crippen LogP contribution in [0.15, 0.2) is 72.8 Å². The summed E-state index contributed by atoms with van der Waals surface area (Å²) in [5, 5.41) is 4.96. The first kappa shape index (κ1) is 22.6. The van der Waals surface area contributed by atoms with Crippen molar-refractivity contribution in [2.24, 2.45) is 0 Å². The van der Waals surface area contributed by atoms with Crippen LogP contribution in [0.2, 0.25) is 0 Å². The second-order valence-corrected chi connectivity index (χ2v) is 8.27. The average molecular weight is 440 g/mol. The molecule has 0 radical (unpaired) electrons. The van der Waals surface area contributed by atoms with Crippen LogP contribution >= 0.6 is 0 Å². The number of hydrogen-bond donors (Lipinski definition) is 1. The molecule has 0 saturated heterocycles. The lowest BCUT2D eigenvalue weighted by Gasteiger charge is -2.18. The van der Waals surface area contributed by atoms with E-state index < -0.39 is 0 Å². The minimum absolute atomic E-state index is 0.0547. The Morgan fingerprint density at radius 3 is 2.03 bits per heavy atom. The molecule has 0 spiro atoms. The standard InChI is InChI=1S/C29H29NO3/c1-5-30-18-26(31)25-8-6-7-22-17-27(32-23-13-9-19(2)10-14-23)29(21(4)28(22)25)33-24-15-11-20(3)12-16-24/h6-17,30H,5,18H2,1-4H3. The van der Waals surface area contributed by atoms with Gasteiger partial charge >= 0.3 is 0 Å². The number of ketones is 1. The van der Waals surface area contributed by atoms with Crippen LogP contribution in [0, 0.1) is 20.8 Å². The lowest BCUT2D eigenvalue weighted by molar-refractivity contribution is 0.0993. The Morgan fingerprint density at radius 1 is 0.818 bits per heavy atom. The summed E-state index contributed by atoms with van der Waals surface area (Å²) < 4.78 is 12.7. The second-order valence-electron chi connectivity index (χ2n) is 8.27. The molecule has 1 N–H and O–H groups in total. The Labute approximate surface area is 195 Å². The smallest absolute Gasteiger partial charge is 0.177 e. The Morgan fingerprint density at radius 2 is 1.42 bits per heavy atom. The Balaban J connectivity index is 1.86. The molecule has 0 unspecified atom stereocenters. The summed E-state index contributed by atoms with van der Waals surface area (Å²) in [6.45, 7) is 9.10. The lowest BCUT2D eigenvalue weighted by atomic mass is 9.96. The van der Waals surface area contributed by atoms with Crippen molar-refractivity contribution in [1.82, 2.24) is 5.32 Å². The number of likely N-dealkylation sites (N-methyl/N-ethyl adjacent to an activating group) is 1. The number of fused-ring (bicyclic) bond motifs is 1. The van der Waals surface area contributed by atoms with Crippen LogP contribution in [-0.2, 0) is 0 Å². The maximum absolute atomic E-state index is 13.0. The molecule has 0 bridgehead atoms. The summed E-state index contributed by atoms with van der Waals surface area (Å²) in [5.74, 6) is 2.72. The van der Waals surface area contributed by atoms with Gasteiger partial charge in [0.25, 0.3) is 0 Å². The summed E-state index contributed by atoms with van der Waals surface area (Å²) in [6, 6.07) is 23.6. The summed E-state index contributed by atoms with van der Waals surface area (Å²) in [7, 11) is 0. The van der Waals surface area contributed by atoms with Gasteiger partial charge in [-0.1, -0.05) is 60.5 Å². The van der Waals surface area contributed by atoms with E-state index in [1.54, 1.807) is 0 Å². The zero-order chi connectivity index (χ0) is 23.4. The molecular formula is C29H29NO3. The van der Waals surface area contributed by atoms with Crippen LogP contribution in [-0.4, -0.2) is 18.9 Å². The zero-order valence-corrected chi connectivity index (χ0v) is 19.6. The fourth-order valence-corrected chi connectivity index (χ4v) is 3.84. The van der Waals surface area contributed by atoms with Crippen molar-refractivity contribution in [2.75, 3.05) is 13.1 Å². The van der Waals surface area contributed by atoms with Gasteiger partial charge < -0.3 is 14.8 Å². The van der Waals surface area contributed by atoms with Crippen LogP contribution < -0.4 is 14.8 Å². The molecule has 4 heteroatoms. The molecule has 0 fully saturated rings. The van der Waals surface area contributed by atoms with Crippen molar-refractivity contribution in [2.45, 2.75) is 27.7 Å². The van der Waals surface area contributed by atoms with Crippen LogP contribution in [0.5, 0.6) is 23.0 Å². The molecule has 4 nitrogen and oxygen atoms in total. The zero-order valence-electron chi connectivity index (χ0n) is 19.6. The molecule has 4 aromatic rings. The Bertz CT molecular complexity index is 1280. The SMILES string of the molecule is CCNCC(=O)c1cccc2cc(Oc3ccc(C)cc3)c(Oc3ccc(C)cc3)c(C)c12. The van der Waals surface area contributed by atoms with Gasteiger partial charge in [-0.3, -0.25) is 4.79 Å². The number of aryl methyl sites for hydroxylation is 3. The first-order chi connectivity index (χ1) is 16.0. The van der Waals surface area contributed by atoms with Gasteiger partial charge in [-0.25, -0.2) is 0 Å². The summed E-state index contributed by atoms with van der Waals surface area (Å²) in [4.78, 5) is 13.0. The number of carbonyl (C=O) groups is 1. The van der Waals surface area contributed by atoms with Crippen molar-refractivity contribution in [1.29, 1.82) is 0 Å². The number of rotatable bonds is 8. The van der Waals surface area contributed by atoms with E-state index in [2.05, 4.69) is 5.32 Å². The lowest BCUT2D eigenvalue weighted by Crippen LogP contribution is -2.22. The van der Waals surface area contributed by atoms with Gasteiger partial charge in [0.1, 0.15) is 11.5 Å². The molecule has 168 valence electrons. The molecular weight excluding hydrogens is 410 g/mol. The summed E-state index contributed by atoms with van der Waals surface area (Å²) >= 11 is 0. The summed E-state index contributed by atoms with van der Waals surface area (Å²) in [6.07, 6.45) is 0. The van der Waals surface area contributed by atoms with Crippen molar-refractivity contribution in [3.8, 4) is 23.0 Å². The van der Waals surface area contributed by atoms with E-state index in [0.29, 0.717) is 29.4 Å². The van der Waals surface area contributed by atoms with Gasteiger partial charge in [0.05, 0.1) is 6.54 Å².